The number of nitrogens with zero attached hydrogens (tertiary/aromatic N) is 2. The lowest BCUT2D eigenvalue weighted by Gasteiger charge is -2.02. The van der Waals surface area contributed by atoms with Crippen LogP contribution < -0.4 is 0 Å². The molecule has 0 aliphatic carbocycles. The lowest BCUT2D eigenvalue weighted by Crippen LogP contribution is -1.94. The molecule has 0 atom stereocenters. The van der Waals surface area contributed by atoms with Crippen molar-refractivity contribution in [1.82, 2.24) is 9.78 Å². The maximum atomic E-state index is 9.59. The minimum Gasteiger partial charge on any atom is -0.506 e. The number of phenolic OH excluding ortho intramolecular Hbond substituents is 1. The van der Waals surface area contributed by atoms with Crippen molar-refractivity contribution in [3.8, 4) is 11.4 Å². The highest BCUT2D eigenvalue weighted by Crippen LogP contribution is 2.19. The largest absolute Gasteiger partial charge is 0.506 e. The van der Waals surface area contributed by atoms with Crippen LogP contribution in [0.3, 0.4) is 0 Å². The Labute approximate surface area is 87.4 Å². The SMILES string of the molecule is OCCc1cnn(-c2ccccc2O)c1. The van der Waals surface area contributed by atoms with E-state index in [1.807, 2.05) is 6.07 Å². The zero-order chi connectivity index (χ0) is 10.7. The summed E-state index contributed by atoms with van der Waals surface area (Å²) in [5, 5.41) is 22.5. The number of hydrogen-bond donors (Lipinski definition) is 2. The summed E-state index contributed by atoms with van der Waals surface area (Å²) in [7, 11) is 0. The van der Waals surface area contributed by atoms with E-state index in [4.69, 9.17) is 5.11 Å². The van der Waals surface area contributed by atoms with Gasteiger partial charge in [-0.05, 0) is 24.1 Å². The van der Waals surface area contributed by atoms with Crippen LogP contribution in [-0.4, -0.2) is 26.6 Å². The average Bonchev–Trinajstić information content (AvgIpc) is 2.68. The summed E-state index contributed by atoms with van der Waals surface area (Å²) in [6.45, 7) is 0.104. The molecule has 2 rings (SSSR count). The van der Waals surface area contributed by atoms with Crippen LogP contribution in [0.4, 0.5) is 0 Å². The second kappa shape index (κ2) is 4.14. The van der Waals surface area contributed by atoms with Gasteiger partial charge in [0, 0.05) is 12.8 Å². The summed E-state index contributed by atoms with van der Waals surface area (Å²) >= 11 is 0. The summed E-state index contributed by atoms with van der Waals surface area (Å²) in [6.07, 6.45) is 4.06. The summed E-state index contributed by atoms with van der Waals surface area (Å²) in [5.41, 5.74) is 1.59. The first kappa shape index (κ1) is 9.73. The number of phenols is 1. The van der Waals surface area contributed by atoms with Crippen molar-refractivity contribution in [2.75, 3.05) is 6.61 Å². The molecule has 78 valence electrons. The Morgan fingerprint density at radius 1 is 1.27 bits per heavy atom. The minimum atomic E-state index is 0.104. The van der Waals surface area contributed by atoms with Gasteiger partial charge in [0.05, 0.1) is 6.20 Å². The van der Waals surface area contributed by atoms with Gasteiger partial charge in [0.1, 0.15) is 11.4 Å². The van der Waals surface area contributed by atoms with E-state index in [-0.39, 0.29) is 12.4 Å². The Bertz CT molecular complexity index is 451. The first-order valence-electron chi connectivity index (χ1n) is 4.74. The van der Waals surface area contributed by atoms with Crippen LogP contribution in [0.2, 0.25) is 0 Å². The maximum Gasteiger partial charge on any atom is 0.141 e. The highest BCUT2D eigenvalue weighted by molar-refractivity contribution is 5.44. The summed E-state index contributed by atoms with van der Waals surface area (Å²) in [4.78, 5) is 0. The number of aliphatic hydroxyl groups is 1. The average molecular weight is 204 g/mol. The highest BCUT2D eigenvalue weighted by Gasteiger charge is 2.04. The number of benzene rings is 1. The molecule has 1 heterocycles. The maximum absolute atomic E-state index is 9.59. The van der Waals surface area contributed by atoms with Gasteiger partial charge < -0.3 is 10.2 Å². The molecule has 0 radical (unpaired) electrons. The van der Waals surface area contributed by atoms with Crippen molar-refractivity contribution in [1.29, 1.82) is 0 Å². The molecule has 0 saturated carbocycles. The van der Waals surface area contributed by atoms with Gasteiger partial charge in [0.25, 0.3) is 0 Å². The van der Waals surface area contributed by atoms with Crippen LogP contribution in [0.5, 0.6) is 5.75 Å². The fraction of sp³-hybridized carbons (Fsp3) is 0.182. The zero-order valence-electron chi connectivity index (χ0n) is 8.17. The van der Waals surface area contributed by atoms with Crippen LogP contribution in [-0.2, 0) is 6.42 Å². The number of aromatic hydroxyl groups is 1. The lowest BCUT2D eigenvalue weighted by molar-refractivity contribution is 0.299. The highest BCUT2D eigenvalue weighted by atomic mass is 16.3. The molecule has 1 aromatic carbocycles. The van der Waals surface area contributed by atoms with E-state index in [1.165, 1.54) is 0 Å². The van der Waals surface area contributed by atoms with Crippen molar-refractivity contribution in [2.24, 2.45) is 0 Å². The molecule has 0 spiro atoms. The van der Waals surface area contributed by atoms with E-state index in [0.717, 1.165) is 5.56 Å². The van der Waals surface area contributed by atoms with Crippen LogP contribution >= 0.6 is 0 Å². The third-order valence-electron chi connectivity index (χ3n) is 2.17. The number of aromatic nitrogens is 2. The number of hydrogen-bond acceptors (Lipinski definition) is 3. The van der Waals surface area contributed by atoms with Gasteiger partial charge in [-0.3, -0.25) is 0 Å². The molecule has 0 unspecified atom stereocenters. The van der Waals surface area contributed by atoms with E-state index in [9.17, 15) is 5.11 Å². The molecule has 0 aliphatic heterocycles. The van der Waals surface area contributed by atoms with Gasteiger partial charge >= 0.3 is 0 Å². The van der Waals surface area contributed by atoms with Crippen molar-refractivity contribution < 1.29 is 10.2 Å². The second-order valence-electron chi connectivity index (χ2n) is 3.26. The summed E-state index contributed by atoms with van der Waals surface area (Å²) in [6, 6.07) is 6.99. The normalized spacial score (nSPS) is 10.5. The molecule has 1 aromatic heterocycles. The summed E-state index contributed by atoms with van der Waals surface area (Å²) in [5.74, 6) is 0.191. The first-order valence-corrected chi connectivity index (χ1v) is 4.74. The molecule has 0 bridgehead atoms. The van der Waals surface area contributed by atoms with Gasteiger partial charge in [-0.2, -0.15) is 5.10 Å². The van der Waals surface area contributed by atoms with Gasteiger partial charge in [0.15, 0.2) is 0 Å². The molecule has 15 heavy (non-hydrogen) atoms. The molecular formula is C11H12N2O2. The van der Waals surface area contributed by atoms with Crippen molar-refractivity contribution in [3.63, 3.8) is 0 Å². The van der Waals surface area contributed by atoms with Gasteiger partial charge in [-0.15, -0.1) is 0 Å². The zero-order valence-corrected chi connectivity index (χ0v) is 8.17. The van der Waals surface area contributed by atoms with E-state index >= 15 is 0 Å². The van der Waals surface area contributed by atoms with Gasteiger partial charge in [-0.1, -0.05) is 12.1 Å². The van der Waals surface area contributed by atoms with Crippen LogP contribution in [0.1, 0.15) is 5.56 Å². The fourth-order valence-corrected chi connectivity index (χ4v) is 1.41. The topological polar surface area (TPSA) is 58.3 Å². The number of rotatable bonds is 3. The van der Waals surface area contributed by atoms with Crippen molar-refractivity contribution >= 4 is 0 Å². The minimum absolute atomic E-state index is 0.104. The molecule has 4 nitrogen and oxygen atoms in total. The lowest BCUT2D eigenvalue weighted by atomic mass is 10.2. The van der Waals surface area contributed by atoms with E-state index in [2.05, 4.69) is 5.10 Å². The van der Waals surface area contributed by atoms with Crippen molar-refractivity contribution in [3.05, 3.63) is 42.2 Å². The third-order valence-corrected chi connectivity index (χ3v) is 2.17. The first-order chi connectivity index (χ1) is 7.31. The van der Waals surface area contributed by atoms with Crippen LogP contribution in [0, 0.1) is 0 Å². The van der Waals surface area contributed by atoms with E-state index in [0.29, 0.717) is 12.1 Å². The molecular weight excluding hydrogens is 192 g/mol. The monoisotopic (exact) mass is 204 g/mol. The Kier molecular flexibility index (Phi) is 2.69. The molecule has 2 N–H and O–H groups in total. The fourth-order valence-electron chi connectivity index (χ4n) is 1.41. The predicted octanol–water partition coefficient (Wildman–Crippen LogP) is 1.11. The number of para-hydroxylation sites is 2. The predicted molar refractivity (Wildman–Crippen MR) is 56.0 cm³/mol. The molecule has 0 amide bonds. The van der Waals surface area contributed by atoms with Gasteiger partial charge in [-0.25, -0.2) is 4.68 Å². The molecule has 0 saturated heterocycles. The molecule has 0 fully saturated rings. The van der Waals surface area contributed by atoms with Crippen molar-refractivity contribution in [2.45, 2.75) is 6.42 Å². The summed E-state index contributed by atoms with van der Waals surface area (Å²) < 4.78 is 1.60. The standard InChI is InChI=1S/C11H12N2O2/c14-6-5-9-7-12-13(8-9)10-3-1-2-4-11(10)15/h1-4,7-8,14-15H,5-6H2. The quantitative estimate of drug-likeness (QED) is 0.787. The molecule has 4 heteroatoms. The van der Waals surface area contributed by atoms with Gasteiger partial charge in [0.2, 0.25) is 0 Å². The smallest absolute Gasteiger partial charge is 0.141 e. The molecule has 2 aromatic rings. The van der Waals surface area contributed by atoms with E-state index < -0.39 is 0 Å². The number of aliphatic hydroxyl groups excluding tert-OH is 1. The second-order valence-corrected chi connectivity index (χ2v) is 3.26. The molecule has 0 aliphatic rings. The van der Waals surface area contributed by atoms with Crippen LogP contribution in [0.25, 0.3) is 5.69 Å². The Balaban J connectivity index is 2.33. The Hall–Kier alpha value is -1.81. The van der Waals surface area contributed by atoms with Crippen LogP contribution in [0.15, 0.2) is 36.7 Å². The van der Waals surface area contributed by atoms with E-state index in [1.54, 1.807) is 35.3 Å². The Morgan fingerprint density at radius 2 is 2.07 bits per heavy atom. The third kappa shape index (κ3) is 1.99. The Morgan fingerprint density at radius 3 is 2.80 bits per heavy atom.